The second-order valence-electron chi connectivity index (χ2n) is 5.36. The molecule has 1 fully saturated rings. The summed E-state index contributed by atoms with van der Waals surface area (Å²) in [6.07, 6.45) is 5.53. The van der Waals surface area contributed by atoms with Gasteiger partial charge in [0, 0.05) is 0 Å². The van der Waals surface area contributed by atoms with Crippen molar-refractivity contribution in [1.82, 2.24) is 13.7 Å². The number of rotatable bonds is 8. The second kappa shape index (κ2) is 8.50. The van der Waals surface area contributed by atoms with Gasteiger partial charge >= 0.3 is 16.5 Å². The first-order chi connectivity index (χ1) is 7.68. The van der Waals surface area contributed by atoms with Gasteiger partial charge in [0.25, 0.3) is 0 Å². The number of hydrogen-bond donors (Lipinski definition) is 0. The molecule has 0 aromatic rings. The van der Waals surface area contributed by atoms with E-state index in [1.54, 1.807) is 0 Å². The lowest BCUT2D eigenvalue weighted by Crippen LogP contribution is -2.29. The molecule has 0 atom stereocenters. The van der Waals surface area contributed by atoms with Crippen LogP contribution in [0.25, 0.3) is 0 Å². The first-order valence-corrected chi connectivity index (χ1v) is 7.63. The Morgan fingerprint density at radius 2 is 1.62 bits per heavy atom. The van der Waals surface area contributed by atoms with Crippen LogP contribution in [0.3, 0.4) is 0 Å². The summed E-state index contributed by atoms with van der Waals surface area (Å²) in [5, 5.41) is 0. The van der Waals surface area contributed by atoms with Crippen molar-refractivity contribution in [1.29, 1.82) is 0 Å². The van der Waals surface area contributed by atoms with Crippen molar-refractivity contribution in [2.75, 3.05) is 53.4 Å². The third kappa shape index (κ3) is 6.88. The predicted molar refractivity (Wildman–Crippen MR) is 73.6 cm³/mol. The van der Waals surface area contributed by atoms with Gasteiger partial charge in [-0.15, -0.1) is 0 Å². The maximum absolute atomic E-state index is 2.62. The minimum Gasteiger partial charge on any atom is -0.390 e. The molecule has 0 unspecified atom stereocenters. The van der Waals surface area contributed by atoms with E-state index in [1.165, 1.54) is 81.5 Å². The summed E-state index contributed by atoms with van der Waals surface area (Å²) < 4.78 is 2.61. The molecule has 0 radical (unpaired) electrons. The number of nitrogens with zero attached hydrogens (tertiary/aromatic N) is 3. The summed E-state index contributed by atoms with van der Waals surface area (Å²) in [7, 11) is 4.32. The molecular weight excluding hydrogens is 213 g/mol. The molecule has 4 heteroatoms. The van der Waals surface area contributed by atoms with Crippen LogP contribution in [0.5, 0.6) is 0 Å². The van der Waals surface area contributed by atoms with Crippen LogP contribution < -0.4 is 0 Å². The van der Waals surface area contributed by atoms with E-state index in [4.69, 9.17) is 0 Å². The zero-order chi connectivity index (χ0) is 11.8. The quantitative estimate of drug-likeness (QED) is 0.565. The van der Waals surface area contributed by atoms with E-state index in [1.807, 2.05) is 0 Å². The van der Waals surface area contributed by atoms with Gasteiger partial charge in [0.1, 0.15) is 0 Å². The summed E-state index contributed by atoms with van der Waals surface area (Å²) in [5.74, 6) is 0. The van der Waals surface area contributed by atoms with Crippen LogP contribution >= 0.6 is 0 Å². The monoisotopic (exact) mass is 241 g/mol. The fourth-order valence-electron chi connectivity index (χ4n) is 2.34. The van der Waals surface area contributed by atoms with Gasteiger partial charge in [0.05, 0.1) is 0 Å². The second-order valence-corrected chi connectivity index (χ2v) is 6.63. The van der Waals surface area contributed by atoms with E-state index >= 15 is 0 Å². The number of likely N-dealkylation sites (tertiary alicyclic amines) is 1. The first kappa shape index (κ1) is 14.5. The van der Waals surface area contributed by atoms with Gasteiger partial charge in [-0.2, -0.15) is 0 Å². The van der Waals surface area contributed by atoms with Crippen molar-refractivity contribution < 1.29 is 0 Å². The van der Waals surface area contributed by atoms with E-state index in [0.717, 1.165) is 0 Å². The standard InChI is InChI=1S/C12H26N3.Al.2H/c1-14(2)9-5-7-13-8-6-12-15-10-3-4-11-15;;;/h3-12H2,1-2H3;;;/q-1;+1;;. The van der Waals surface area contributed by atoms with Gasteiger partial charge in [0.15, 0.2) is 0 Å². The summed E-state index contributed by atoms with van der Waals surface area (Å²) in [5.41, 5.74) is 0. The lowest BCUT2D eigenvalue weighted by Gasteiger charge is -2.21. The largest absolute Gasteiger partial charge is 0.390 e. The molecule has 3 nitrogen and oxygen atoms in total. The molecule has 0 N–H and O–H groups in total. The predicted octanol–water partition coefficient (Wildman–Crippen LogP) is 0.274. The van der Waals surface area contributed by atoms with Crippen LogP contribution in [0.4, 0.5) is 0 Å². The zero-order valence-corrected chi connectivity index (χ0v) is 13.4. The molecule has 94 valence electrons. The summed E-state index contributed by atoms with van der Waals surface area (Å²) in [6, 6.07) is 0. The Labute approximate surface area is 109 Å². The lowest BCUT2D eigenvalue weighted by molar-refractivity contribution is 0.306. The Hall–Kier alpha value is 0.412. The van der Waals surface area contributed by atoms with Crippen molar-refractivity contribution in [3.05, 3.63) is 0 Å². The highest BCUT2D eigenvalue weighted by Crippen LogP contribution is 2.07. The normalized spacial score (nSPS) is 17.8. The van der Waals surface area contributed by atoms with Crippen LogP contribution in [0.1, 0.15) is 25.7 Å². The number of hydrogen-bond acceptors (Lipinski definition) is 3. The molecule has 0 bridgehead atoms. The van der Waals surface area contributed by atoms with Gasteiger partial charge in [-0.05, 0) is 79.0 Å². The van der Waals surface area contributed by atoms with Crippen molar-refractivity contribution in [2.45, 2.75) is 25.7 Å². The highest BCUT2D eigenvalue weighted by Gasteiger charge is 2.10. The van der Waals surface area contributed by atoms with Gasteiger partial charge in [0.2, 0.25) is 0 Å². The Morgan fingerprint density at radius 3 is 2.25 bits per heavy atom. The van der Waals surface area contributed by atoms with E-state index in [2.05, 4.69) is 27.8 Å². The molecule has 16 heavy (non-hydrogen) atoms. The SMILES string of the molecule is CN(C)CCC[N]([AlH2])CCCN1CCCC1. The third-order valence-electron chi connectivity index (χ3n) is 3.36. The van der Waals surface area contributed by atoms with Gasteiger partial charge in [-0.25, -0.2) is 0 Å². The van der Waals surface area contributed by atoms with E-state index in [9.17, 15) is 0 Å². The van der Waals surface area contributed by atoms with E-state index < -0.39 is 0 Å². The van der Waals surface area contributed by atoms with Crippen molar-refractivity contribution in [3.8, 4) is 0 Å². The van der Waals surface area contributed by atoms with Gasteiger partial charge in [-0.3, -0.25) is 0 Å². The average molecular weight is 241 g/mol. The minimum absolute atomic E-state index is 1.22. The molecule has 1 heterocycles. The molecule has 0 saturated carbocycles. The fourth-order valence-corrected chi connectivity index (χ4v) is 2.97. The molecule has 1 rings (SSSR count). The Kier molecular flexibility index (Phi) is 7.68. The van der Waals surface area contributed by atoms with Gasteiger partial charge < -0.3 is 13.7 Å². The summed E-state index contributed by atoms with van der Waals surface area (Å²) in [4.78, 5) is 4.90. The Bertz CT molecular complexity index is 170. The highest BCUT2D eigenvalue weighted by molar-refractivity contribution is 6.04. The van der Waals surface area contributed by atoms with E-state index in [-0.39, 0.29) is 0 Å². The maximum Gasteiger partial charge on any atom is 0.321 e. The van der Waals surface area contributed by atoms with Crippen LogP contribution in [0, 0.1) is 0 Å². The third-order valence-corrected chi connectivity index (χ3v) is 4.25. The average Bonchev–Trinajstić information content (AvgIpc) is 2.70. The van der Waals surface area contributed by atoms with Crippen LogP contribution in [-0.2, 0) is 0 Å². The van der Waals surface area contributed by atoms with Crippen LogP contribution in [-0.4, -0.2) is 83.6 Å². The molecule has 1 aliphatic heterocycles. The Morgan fingerprint density at radius 1 is 1.00 bits per heavy atom. The molecule has 0 aromatic carbocycles. The molecule has 0 aromatic heterocycles. The smallest absolute Gasteiger partial charge is 0.321 e. The molecule has 0 aliphatic carbocycles. The molecular formula is C12H28AlN3. The zero-order valence-electron chi connectivity index (χ0n) is 11.4. The molecule has 0 amide bonds. The van der Waals surface area contributed by atoms with Crippen LogP contribution in [0.2, 0.25) is 0 Å². The van der Waals surface area contributed by atoms with Crippen LogP contribution in [0.15, 0.2) is 0 Å². The topological polar surface area (TPSA) is 9.72 Å². The van der Waals surface area contributed by atoms with Crippen molar-refractivity contribution in [2.24, 2.45) is 0 Å². The van der Waals surface area contributed by atoms with E-state index in [0.29, 0.717) is 0 Å². The summed E-state index contributed by atoms with van der Waals surface area (Å²) in [6.45, 7) is 7.86. The lowest BCUT2D eigenvalue weighted by atomic mass is 10.3. The molecule has 1 aliphatic rings. The minimum atomic E-state index is 1.22. The summed E-state index contributed by atoms with van der Waals surface area (Å²) >= 11 is 1.22. The van der Waals surface area contributed by atoms with Gasteiger partial charge in [-0.1, -0.05) is 0 Å². The maximum atomic E-state index is 2.62. The first-order valence-electron chi connectivity index (χ1n) is 6.74. The molecule has 1 saturated heterocycles. The van der Waals surface area contributed by atoms with Crippen molar-refractivity contribution in [3.63, 3.8) is 0 Å². The molecule has 0 spiro atoms. The Balaban J connectivity index is 1.91. The highest BCUT2D eigenvalue weighted by atomic mass is 27.1. The van der Waals surface area contributed by atoms with Crippen molar-refractivity contribution >= 4 is 16.5 Å². The fraction of sp³-hybridized carbons (Fsp3) is 1.00.